The van der Waals surface area contributed by atoms with Crippen LogP contribution in [-0.2, 0) is 7.05 Å². The normalized spacial score (nSPS) is 16.5. The molecule has 1 unspecified atom stereocenters. The Morgan fingerprint density at radius 1 is 1.20 bits per heavy atom. The third-order valence-corrected chi connectivity index (χ3v) is 5.70. The Labute approximate surface area is 174 Å². The highest BCUT2D eigenvalue weighted by Gasteiger charge is 2.28. The van der Waals surface area contributed by atoms with Gasteiger partial charge in [0.1, 0.15) is 5.75 Å². The summed E-state index contributed by atoms with van der Waals surface area (Å²) in [7, 11) is 3.43. The van der Waals surface area contributed by atoms with E-state index in [9.17, 15) is 9.59 Å². The second kappa shape index (κ2) is 8.14. The van der Waals surface area contributed by atoms with Crippen LogP contribution in [0.3, 0.4) is 0 Å². The summed E-state index contributed by atoms with van der Waals surface area (Å²) in [5.41, 5.74) is 2.74. The molecule has 0 N–H and O–H groups in total. The lowest BCUT2D eigenvalue weighted by molar-refractivity contribution is 0.0669. The first-order valence-electron chi connectivity index (χ1n) is 10.0. The molecule has 1 amide bonds. The van der Waals surface area contributed by atoms with E-state index in [0.717, 1.165) is 24.1 Å². The summed E-state index contributed by atoms with van der Waals surface area (Å²) in [6.45, 7) is 2.98. The van der Waals surface area contributed by atoms with Gasteiger partial charge in [-0.15, -0.1) is 0 Å². The van der Waals surface area contributed by atoms with Gasteiger partial charge in [-0.2, -0.15) is 10.2 Å². The number of piperidine rings is 1. The van der Waals surface area contributed by atoms with Crippen molar-refractivity contribution in [3.05, 3.63) is 64.2 Å². The first kappa shape index (κ1) is 19.9. The molecule has 0 bridgehead atoms. The lowest BCUT2D eigenvalue weighted by Gasteiger charge is -2.33. The molecule has 8 nitrogen and oxygen atoms in total. The van der Waals surface area contributed by atoms with Crippen molar-refractivity contribution < 1.29 is 9.53 Å². The largest absolute Gasteiger partial charge is 0.496 e. The highest BCUT2D eigenvalue weighted by atomic mass is 16.5. The molecule has 2 aromatic heterocycles. The molecule has 156 valence electrons. The Kier molecular flexibility index (Phi) is 5.39. The summed E-state index contributed by atoms with van der Waals surface area (Å²) < 4.78 is 8.64. The van der Waals surface area contributed by atoms with Crippen molar-refractivity contribution in [3.63, 3.8) is 0 Å². The van der Waals surface area contributed by atoms with Crippen molar-refractivity contribution in [1.82, 2.24) is 24.5 Å². The van der Waals surface area contributed by atoms with Crippen LogP contribution in [0.2, 0.25) is 0 Å². The number of benzene rings is 1. The minimum atomic E-state index is -0.179. The number of carbonyl (C=O) groups excluding carboxylic acids is 1. The number of aryl methyl sites for hydroxylation is 1. The molecule has 1 aromatic carbocycles. The monoisotopic (exact) mass is 407 g/mol. The van der Waals surface area contributed by atoms with Gasteiger partial charge < -0.3 is 9.64 Å². The Morgan fingerprint density at radius 2 is 2.00 bits per heavy atom. The van der Waals surface area contributed by atoms with Gasteiger partial charge in [0.2, 0.25) is 0 Å². The second-order valence-corrected chi connectivity index (χ2v) is 7.52. The smallest absolute Gasteiger partial charge is 0.267 e. The van der Waals surface area contributed by atoms with Crippen molar-refractivity contribution in [2.45, 2.75) is 25.8 Å². The molecule has 1 aliphatic rings. The van der Waals surface area contributed by atoms with Crippen LogP contribution in [0.15, 0.2) is 47.4 Å². The van der Waals surface area contributed by atoms with Crippen LogP contribution in [0.1, 0.15) is 34.9 Å². The van der Waals surface area contributed by atoms with E-state index >= 15 is 0 Å². The maximum atomic E-state index is 13.0. The van der Waals surface area contributed by atoms with Crippen LogP contribution in [0, 0.1) is 6.92 Å². The first-order valence-corrected chi connectivity index (χ1v) is 10.0. The van der Waals surface area contributed by atoms with Crippen LogP contribution < -0.4 is 10.3 Å². The summed E-state index contributed by atoms with van der Waals surface area (Å²) in [5, 5.41) is 8.81. The van der Waals surface area contributed by atoms with E-state index in [2.05, 4.69) is 10.2 Å². The molecule has 1 aliphatic heterocycles. The summed E-state index contributed by atoms with van der Waals surface area (Å²) >= 11 is 0. The average molecular weight is 407 g/mol. The summed E-state index contributed by atoms with van der Waals surface area (Å²) in [6, 6.07) is 10.6. The summed E-state index contributed by atoms with van der Waals surface area (Å²) in [4.78, 5) is 27.4. The van der Waals surface area contributed by atoms with Crippen LogP contribution in [0.5, 0.6) is 5.75 Å². The van der Waals surface area contributed by atoms with E-state index in [1.54, 1.807) is 29.0 Å². The zero-order chi connectivity index (χ0) is 21.3. The fourth-order valence-electron chi connectivity index (χ4n) is 3.90. The molecule has 0 radical (unpaired) electrons. The van der Waals surface area contributed by atoms with E-state index in [0.29, 0.717) is 30.1 Å². The maximum Gasteiger partial charge on any atom is 0.267 e. The number of aromatic nitrogens is 4. The van der Waals surface area contributed by atoms with Crippen molar-refractivity contribution >= 4 is 5.91 Å². The highest BCUT2D eigenvalue weighted by Crippen LogP contribution is 2.28. The number of amides is 1. The quantitative estimate of drug-likeness (QED) is 0.663. The topological polar surface area (TPSA) is 82.3 Å². The molecule has 8 heteroatoms. The number of nitrogens with zero attached hydrogens (tertiary/aromatic N) is 5. The standard InChI is InChI=1S/C22H25N5O3/c1-15-18(13-23-25(15)2)22(29)26-12-6-7-16(14-26)27-21(28)11-10-19(24-27)17-8-4-5-9-20(17)30-3/h4-5,8-11,13,16H,6-7,12,14H2,1-3H3. The van der Waals surface area contributed by atoms with Gasteiger partial charge in [0.25, 0.3) is 11.5 Å². The lowest BCUT2D eigenvalue weighted by atomic mass is 10.0. The molecule has 0 spiro atoms. The molecule has 1 fully saturated rings. The number of carbonyl (C=O) groups is 1. The van der Waals surface area contributed by atoms with Crippen molar-refractivity contribution in [3.8, 4) is 17.0 Å². The number of hydrogen-bond acceptors (Lipinski definition) is 5. The van der Waals surface area contributed by atoms with Gasteiger partial charge in [-0.05, 0) is 38.0 Å². The Bertz CT molecular complexity index is 1130. The fourth-order valence-corrected chi connectivity index (χ4v) is 3.90. The molecular formula is C22H25N5O3. The molecule has 3 heterocycles. The van der Waals surface area contributed by atoms with Crippen LogP contribution in [0.4, 0.5) is 0 Å². The molecule has 0 aliphatic carbocycles. The highest BCUT2D eigenvalue weighted by molar-refractivity contribution is 5.95. The number of likely N-dealkylation sites (tertiary alicyclic amines) is 1. The van der Waals surface area contributed by atoms with Gasteiger partial charge in [-0.1, -0.05) is 12.1 Å². The lowest BCUT2D eigenvalue weighted by Crippen LogP contribution is -2.43. The van der Waals surface area contributed by atoms with Gasteiger partial charge in [0.05, 0.1) is 30.6 Å². The maximum absolute atomic E-state index is 13.0. The SMILES string of the molecule is COc1ccccc1-c1ccc(=O)n(C2CCCN(C(=O)c3cnn(C)c3C)C2)n1. The minimum Gasteiger partial charge on any atom is -0.496 e. The summed E-state index contributed by atoms with van der Waals surface area (Å²) in [5.74, 6) is 0.641. The van der Waals surface area contributed by atoms with Crippen molar-refractivity contribution in [2.24, 2.45) is 7.05 Å². The number of hydrogen-bond donors (Lipinski definition) is 0. The first-order chi connectivity index (χ1) is 14.5. The molecule has 30 heavy (non-hydrogen) atoms. The van der Waals surface area contributed by atoms with E-state index in [4.69, 9.17) is 4.74 Å². The number of para-hydroxylation sites is 1. The average Bonchev–Trinajstić information content (AvgIpc) is 3.12. The van der Waals surface area contributed by atoms with E-state index in [1.165, 1.54) is 10.7 Å². The molecule has 0 saturated carbocycles. The fraction of sp³-hybridized carbons (Fsp3) is 0.364. The van der Waals surface area contributed by atoms with E-state index in [1.807, 2.05) is 38.2 Å². The zero-order valence-electron chi connectivity index (χ0n) is 17.4. The van der Waals surface area contributed by atoms with E-state index in [-0.39, 0.29) is 17.5 Å². The minimum absolute atomic E-state index is 0.0563. The van der Waals surface area contributed by atoms with Crippen LogP contribution in [0.25, 0.3) is 11.3 Å². The molecule has 4 rings (SSSR count). The second-order valence-electron chi connectivity index (χ2n) is 7.52. The molecular weight excluding hydrogens is 382 g/mol. The molecule has 1 saturated heterocycles. The number of ether oxygens (including phenoxy) is 1. The van der Waals surface area contributed by atoms with Gasteiger partial charge in [-0.3, -0.25) is 14.3 Å². The third-order valence-electron chi connectivity index (χ3n) is 5.70. The predicted octanol–water partition coefficient (Wildman–Crippen LogP) is 2.44. The Balaban J connectivity index is 1.63. The van der Waals surface area contributed by atoms with Crippen molar-refractivity contribution in [2.75, 3.05) is 20.2 Å². The molecule has 1 atom stereocenters. The van der Waals surface area contributed by atoms with Gasteiger partial charge in [-0.25, -0.2) is 4.68 Å². The van der Waals surface area contributed by atoms with Gasteiger partial charge in [0, 0.05) is 37.5 Å². The van der Waals surface area contributed by atoms with Crippen molar-refractivity contribution in [1.29, 1.82) is 0 Å². The zero-order valence-corrected chi connectivity index (χ0v) is 17.4. The molecule has 3 aromatic rings. The third kappa shape index (κ3) is 3.60. The van der Waals surface area contributed by atoms with Gasteiger partial charge in [0.15, 0.2) is 0 Å². The predicted molar refractivity (Wildman–Crippen MR) is 113 cm³/mol. The summed E-state index contributed by atoms with van der Waals surface area (Å²) in [6.07, 6.45) is 3.20. The van der Waals surface area contributed by atoms with Gasteiger partial charge >= 0.3 is 0 Å². The Morgan fingerprint density at radius 3 is 2.73 bits per heavy atom. The number of methoxy groups -OCH3 is 1. The Hall–Kier alpha value is -3.42. The van der Waals surface area contributed by atoms with Crippen LogP contribution >= 0.6 is 0 Å². The van der Waals surface area contributed by atoms with Crippen LogP contribution in [-0.4, -0.2) is 50.6 Å². The van der Waals surface area contributed by atoms with E-state index < -0.39 is 0 Å². The number of rotatable bonds is 4.